The van der Waals surface area contributed by atoms with Crippen molar-refractivity contribution in [3.8, 4) is 11.3 Å². The number of carboxylic acid groups (broad SMARTS) is 1. The molecule has 2 aromatic heterocycles. The van der Waals surface area contributed by atoms with Crippen LogP contribution in [0.2, 0.25) is 0 Å². The summed E-state index contributed by atoms with van der Waals surface area (Å²) in [7, 11) is 0. The van der Waals surface area contributed by atoms with E-state index in [1.165, 1.54) is 6.20 Å². The molecule has 0 radical (unpaired) electrons. The number of rotatable bonds is 2. The molecule has 3 rings (SSSR count). The number of nitrogens with zero attached hydrogens (tertiary/aromatic N) is 2. The summed E-state index contributed by atoms with van der Waals surface area (Å²) in [5.41, 5.74) is 2.58. The lowest BCUT2D eigenvalue weighted by atomic mass is 10.2. The number of benzene rings is 1. The predicted molar refractivity (Wildman–Crippen MR) is 61.9 cm³/mol. The van der Waals surface area contributed by atoms with E-state index in [0.29, 0.717) is 5.65 Å². The van der Waals surface area contributed by atoms with E-state index in [-0.39, 0.29) is 5.69 Å². The zero-order chi connectivity index (χ0) is 11.8. The van der Waals surface area contributed by atoms with Crippen LogP contribution in [0.3, 0.4) is 0 Å². The van der Waals surface area contributed by atoms with Gasteiger partial charge in [0.2, 0.25) is 0 Å². The molecular weight excluding hydrogens is 218 g/mol. The van der Waals surface area contributed by atoms with E-state index in [1.54, 1.807) is 4.52 Å². The molecule has 0 bridgehead atoms. The second-order valence-corrected chi connectivity index (χ2v) is 3.70. The first-order valence-electron chi connectivity index (χ1n) is 5.11. The number of aromatic nitrogens is 3. The van der Waals surface area contributed by atoms with Crippen molar-refractivity contribution in [3.05, 3.63) is 48.3 Å². The van der Waals surface area contributed by atoms with Crippen molar-refractivity contribution < 1.29 is 9.90 Å². The van der Waals surface area contributed by atoms with Crippen molar-refractivity contribution in [1.82, 2.24) is 14.6 Å². The van der Waals surface area contributed by atoms with E-state index in [9.17, 15) is 4.79 Å². The summed E-state index contributed by atoms with van der Waals surface area (Å²) in [4.78, 5) is 14.7. The molecule has 0 saturated carbocycles. The van der Waals surface area contributed by atoms with Gasteiger partial charge in [-0.15, -0.1) is 0 Å². The molecule has 5 heteroatoms. The second kappa shape index (κ2) is 3.48. The number of carboxylic acids is 1. The number of aromatic carboxylic acids is 1. The number of hydrogen-bond donors (Lipinski definition) is 2. The van der Waals surface area contributed by atoms with E-state index >= 15 is 0 Å². The smallest absolute Gasteiger partial charge is 0.356 e. The zero-order valence-electron chi connectivity index (χ0n) is 8.79. The minimum Gasteiger partial charge on any atom is -0.476 e. The fourth-order valence-electron chi connectivity index (χ4n) is 1.75. The van der Waals surface area contributed by atoms with Crippen LogP contribution in [0.5, 0.6) is 0 Å². The monoisotopic (exact) mass is 227 g/mol. The molecule has 0 fully saturated rings. The Bertz CT molecular complexity index is 651. The molecule has 2 N–H and O–H groups in total. The van der Waals surface area contributed by atoms with E-state index in [0.717, 1.165) is 11.3 Å². The third kappa shape index (κ3) is 1.57. The Balaban J connectivity index is 2.10. The van der Waals surface area contributed by atoms with E-state index in [2.05, 4.69) is 10.1 Å². The maximum Gasteiger partial charge on any atom is 0.356 e. The second-order valence-electron chi connectivity index (χ2n) is 3.70. The van der Waals surface area contributed by atoms with Crippen LogP contribution in [0.15, 0.2) is 42.6 Å². The van der Waals surface area contributed by atoms with Crippen molar-refractivity contribution >= 4 is 11.6 Å². The quantitative estimate of drug-likeness (QED) is 0.703. The Morgan fingerprint density at radius 3 is 2.71 bits per heavy atom. The first kappa shape index (κ1) is 9.65. The van der Waals surface area contributed by atoms with Crippen LogP contribution in [-0.4, -0.2) is 25.7 Å². The third-order valence-corrected chi connectivity index (χ3v) is 2.55. The molecule has 3 aromatic rings. The fourth-order valence-corrected chi connectivity index (χ4v) is 1.75. The number of fused-ring (bicyclic) bond motifs is 1. The number of nitrogens with one attached hydrogen (secondary N) is 1. The van der Waals surface area contributed by atoms with E-state index in [4.69, 9.17) is 5.11 Å². The number of aromatic amines is 1. The molecule has 0 saturated heterocycles. The van der Waals surface area contributed by atoms with Crippen LogP contribution in [-0.2, 0) is 0 Å². The summed E-state index contributed by atoms with van der Waals surface area (Å²) >= 11 is 0. The lowest BCUT2D eigenvalue weighted by molar-refractivity contribution is 0.0691. The summed E-state index contributed by atoms with van der Waals surface area (Å²) in [5.74, 6) is -1.02. The van der Waals surface area contributed by atoms with Gasteiger partial charge in [-0.2, -0.15) is 0 Å². The van der Waals surface area contributed by atoms with Crippen molar-refractivity contribution in [2.75, 3.05) is 0 Å². The Labute approximate surface area is 96.3 Å². The van der Waals surface area contributed by atoms with Gasteiger partial charge in [0.1, 0.15) is 0 Å². The maximum atomic E-state index is 10.7. The predicted octanol–water partition coefficient (Wildman–Crippen LogP) is 2.03. The Morgan fingerprint density at radius 1 is 1.29 bits per heavy atom. The molecule has 0 atom stereocenters. The average Bonchev–Trinajstić information content (AvgIpc) is 2.87. The molecule has 0 aliphatic rings. The molecule has 0 aliphatic heterocycles. The normalized spacial score (nSPS) is 10.8. The van der Waals surface area contributed by atoms with Crippen molar-refractivity contribution in [2.24, 2.45) is 0 Å². The van der Waals surface area contributed by atoms with Gasteiger partial charge in [0.05, 0.1) is 11.9 Å². The van der Waals surface area contributed by atoms with Crippen LogP contribution < -0.4 is 0 Å². The van der Waals surface area contributed by atoms with Crippen LogP contribution in [0.25, 0.3) is 16.9 Å². The van der Waals surface area contributed by atoms with Gasteiger partial charge in [0.15, 0.2) is 11.3 Å². The molecule has 17 heavy (non-hydrogen) atoms. The molecule has 2 heterocycles. The Hall–Kier alpha value is -2.56. The third-order valence-electron chi connectivity index (χ3n) is 2.55. The van der Waals surface area contributed by atoms with Crippen molar-refractivity contribution in [3.63, 3.8) is 0 Å². The SMILES string of the molecule is O=C(O)c1cn2[nH]c(-c3ccccc3)cc2n1. The molecule has 5 nitrogen and oxygen atoms in total. The van der Waals surface area contributed by atoms with E-state index in [1.807, 2.05) is 36.4 Å². The summed E-state index contributed by atoms with van der Waals surface area (Å²) in [6.07, 6.45) is 1.46. The first-order valence-corrected chi connectivity index (χ1v) is 5.11. The van der Waals surface area contributed by atoms with Gasteiger partial charge in [-0.25, -0.2) is 14.3 Å². The van der Waals surface area contributed by atoms with Crippen molar-refractivity contribution in [1.29, 1.82) is 0 Å². The zero-order valence-corrected chi connectivity index (χ0v) is 8.79. The first-order chi connectivity index (χ1) is 8.24. The highest BCUT2D eigenvalue weighted by molar-refractivity contribution is 5.86. The number of imidazole rings is 1. The number of carbonyl (C=O) groups is 1. The van der Waals surface area contributed by atoms with Gasteiger partial charge in [-0.3, -0.25) is 5.10 Å². The molecule has 0 amide bonds. The molecule has 0 unspecified atom stereocenters. The average molecular weight is 227 g/mol. The fraction of sp³-hybridized carbons (Fsp3) is 0. The van der Waals surface area contributed by atoms with Gasteiger partial charge in [0, 0.05) is 6.07 Å². The number of hydrogen-bond acceptors (Lipinski definition) is 2. The Morgan fingerprint density at radius 2 is 2.06 bits per heavy atom. The van der Waals surface area contributed by atoms with Crippen LogP contribution >= 0.6 is 0 Å². The Kier molecular flexibility index (Phi) is 1.98. The van der Waals surface area contributed by atoms with Crippen LogP contribution in [0.1, 0.15) is 10.5 Å². The van der Waals surface area contributed by atoms with Crippen LogP contribution in [0, 0.1) is 0 Å². The van der Waals surface area contributed by atoms with Gasteiger partial charge in [0.25, 0.3) is 0 Å². The molecule has 1 aromatic carbocycles. The van der Waals surface area contributed by atoms with Gasteiger partial charge in [-0.05, 0) is 5.56 Å². The summed E-state index contributed by atoms with van der Waals surface area (Å²) < 4.78 is 1.60. The summed E-state index contributed by atoms with van der Waals surface area (Å²) in [5, 5.41) is 11.9. The lowest BCUT2D eigenvalue weighted by Gasteiger charge is -1.95. The maximum absolute atomic E-state index is 10.7. The molecule has 0 aliphatic carbocycles. The highest BCUT2D eigenvalue weighted by atomic mass is 16.4. The highest BCUT2D eigenvalue weighted by Crippen LogP contribution is 2.19. The van der Waals surface area contributed by atoms with Gasteiger partial charge >= 0.3 is 5.97 Å². The summed E-state index contributed by atoms with van der Waals surface area (Å²) in [6, 6.07) is 11.6. The minimum absolute atomic E-state index is 0.0378. The minimum atomic E-state index is -1.02. The van der Waals surface area contributed by atoms with Gasteiger partial charge < -0.3 is 5.11 Å². The summed E-state index contributed by atoms with van der Waals surface area (Å²) in [6.45, 7) is 0. The molecular formula is C12H9N3O2. The lowest BCUT2D eigenvalue weighted by Crippen LogP contribution is -1.95. The topological polar surface area (TPSA) is 70.4 Å². The largest absolute Gasteiger partial charge is 0.476 e. The van der Waals surface area contributed by atoms with Crippen molar-refractivity contribution in [2.45, 2.75) is 0 Å². The molecule has 84 valence electrons. The highest BCUT2D eigenvalue weighted by Gasteiger charge is 2.11. The molecule has 0 spiro atoms. The van der Waals surface area contributed by atoms with E-state index < -0.39 is 5.97 Å². The van der Waals surface area contributed by atoms with Gasteiger partial charge in [-0.1, -0.05) is 30.3 Å². The number of H-pyrrole nitrogens is 1. The van der Waals surface area contributed by atoms with Crippen LogP contribution in [0.4, 0.5) is 0 Å². The standard InChI is InChI=1S/C12H9N3O2/c16-12(17)10-7-15-11(13-10)6-9(14-15)8-4-2-1-3-5-8/h1-7,14H,(H,16,17).